The molecular weight excluding hydrogens is 829 g/mol. The minimum Gasteiger partial charge on any atom is -0.457 e. The zero-order valence-corrected chi connectivity index (χ0v) is 36.2. The van der Waals surface area contributed by atoms with Crippen molar-refractivity contribution in [2.24, 2.45) is 0 Å². The number of para-hydroxylation sites is 2. The van der Waals surface area contributed by atoms with E-state index < -0.39 is 0 Å². The maximum absolute atomic E-state index is 12.3. The van der Waals surface area contributed by atoms with Gasteiger partial charge >= 0.3 is 0 Å². The lowest BCUT2D eigenvalue weighted by atomic mass is 9.91. The molecule has 1 aliphatic heterocycles. The highest BCUT2D eigenvalue weighted by atomic mass is 16.5. The molecule has 2 aliphatic rings. The van der Waals surface area contributed by atoms with Crippen molar-refractivity contribution in [2.45, 2.75) is 50.2 Å². The van der Waals surface area contributed by atoms with Crippen molar-refractivity contribution in [1.82, 2.24) is 49.7 Å². The van der Waals surface area contributed by atoms with Gasteiger partial charge in [0.1, 0.15) is 58.7 Å². The van der Waals surface area contributed by atoms with Crippen LogP contribution in [0.3, 0.4) is 0 Å². The molecule has 66 heavy (non-hydrogen) atoms. The third kappa shape index (κ3) is 8.29. The van der Waals surface area contributed by atoms with Gasteiger partial charge in [-0.3, -0.25) is 4.79 Å². The number of ether oxygens (including phenoxy) is 2. The van der Waals surface area contributed by atoms with Crippen LogP contribution in [0.4, 0.5) is 11.6 Å². The number of benzene rings is 4. The van der Waals surface area contributed by atoms with Crippen molar-refractivity contribution in [1.29, 1.82) is 0 Å². The fourth-order valence-electron chi connectivity index (χ4n) is 9.01. The van der Waals surface area contributed by atoms with Gasteiger partial charge in [0.2, 0.25) is 5.91 Å². The summed E-state index contributed by atoms with van der Waals surface area (Å²) in [4.78, 5) is 31.9. The number of allylic oxidation sites excluding steroid dienone is 1. The van der Waals surface area contributed by atoms with E-state index in [0.29, 0.717) is 53.0 Å². The number of rotatable bonds is 13. The van der Waals surface area contributed by atoms with Crippen molar-refractivity contribution >= 4 is 45.7 Å². The predicted molar refractivity (Wildman–Crippen MR) is 256 cm³/mol. The minimum absolute atomic E-state index is 0.0544. The van der Waals surface area contributed by atoms with E-state index in [-0.39, 0.29) is 24.0 Å². The molecule has 0 spiro atoms. The number of amides is 1. The topological polar surface area (TPSA) is 190 Å². The standard InChI is InChI=1S/C51H48N12O3/c1-3-35(58-36-18-20-37(21-19-36)62-50-44(48(52)54-30-56-50)46(59-62)32-14-22-40(23-15-32)65-39-11-6-5-7-12-39)28-34-10-8-9-13-42(34)66-41-24-16-33(17-25-41)47-45-49(53)55-31-57-51(45)63(60-47)38-26-27-61(29-38)43(64)4-2/h3-17,22-25,28,30-31,36-38,58H,1-2,18-21,26-27,29H2,(H2,52,54,56)(H2,53,55,57)/b35-28-. The van der Waals surface area contributed by atoms with E-state index in [1.807, 2.05) is 119 Å². The Morgan fingerprint density at radius 1 is 0.636 bits per heavy atom. The number of aromatic nitrogens is 8. The van der Waals surface area contributed by atoms with E-state index in [1.54, 1.807) is 4.90 Å². The molecule has 5 heterocycles. The summed E-state index contributed by atoms with van der Waals surface area (Å²) >= 11 is 0. The van der Waals surface area contributed by atoms with Gasteiger partial charge in [-0.1, -0.05) is 49.6 Å². The van der Waals surface area contributed by atoms with E-state index in [2.05, 4.69) is 44.5 Å². The average molecular weight is 877 g/mol. The lowest BCUT2D eigenvalue weighted by Gasteiger charge is -2.30. The Hall–Kier alpha value is -8.33. The zero-order valence-electron chi connectivity index (χ0n) is 36.2. The van der Waals surface area contributed by atoms with Crippen LogP contribution in [0.15, 0.2) is 147 Å². The predicted octanol–water partition coefficient (Wildman–Crippen LogP) is 9.31. The van der Waals surface area contributed by atoms with Crippen LogP contribution in [0.2, 0.25) is 0 Å². The quantitative estimate of drug-likeness (QED) is 0.0736. The fourth-order valence-corrected chi connectivity index (χ4v) is 9.01. The molecular formula is C51H48N12O3. The molecule has 5 N–H and O–H groups in total. The Morgan fingerprint density at radius 2 is 1.20 bits per heavy atom. The molecule has 0 radical (unpaired) electrons. The minimum atomic E-state index is -0.0982. The van der Waals surface area contributed by atoms with Crippen molar-refractivity contribution in [3.05, 3.63) is 152 Å². The zero-order chi connectivity index (χ0) is 45.1. The number of hydrogen-bond donors (Lipinski definition) is 3. The number of carbonyl (C=O) groups is 1. The van der Waals surface area contributed by atoms with Crippen LogP contribution in [0, 0.1) is 0 Å². The molecule has 8 aromatic rings. The Labute approximate surface area is 381 Å². The highest BCUT2D eigenvalue weighted by molar-refractivity contribution is 5.99. The fraction of sp³-hybridized carbons (Fsp3) is 0.196. The number of anilines is 2. The number of nitrogens with one attached hydrogen (secondary N) is 1. The number of hydrogen-bond acceptors (Lipinski definition) is 12. The van der Waals surface area contributed by atoms with Gasteiger partial charge in [0.15, 0.2) is 11.3 Å². The van der Waals surface area contributed by atoms with Crippen molar-refractivity contribution in [2.75, 3.05) is 24.6 Å². The number of nitrogens with zero attached hydrogens (tertiary/aromatic N) is 9. The summed E-state index contributed by atoms with van der Waals surface area (Å²) in [7, 11) is 0. The summed E-state index contributed by atoms with van der Waals surface area (Å²) in [5, 5.41) is 15.3. The van der Waals surface area contributed by atoms with E-state index in [0.717, 1.165) is 82.7 Å². The Kier molecular flexibility index (Phi) is 11.4. The van der Waals surface area contributed by atoms with Crippen molar-refractivity contribution in [3.8, 4) is 45.5 Å². The maximum atomic E-state index is 12.3. The summed E-state index contributed by atoms with van der Waals surface area (Å²) in [6, 6.07) is 33.5. The van der Waals surface area contributed by atoms with Gasteiger partial charge in [-0.25, -0.2) is 29.3 Å². The highest BCUT2D eigenvalue weighted by Gasteiger charge is 2.31. The summed E-state index contributed by atoms with van der Waals surface area (Å²) in [6.45, 7) is 8.90. The van der Waals surface area contributed by atoms with E-state index in [4.69, 9.17) is 31.1 Å². The van der Waals surface area contributed by atoms with Gasteiger partial charge in [-0.2, -0.15) is 10.2 Å². The van der Waals surface area contributed by atoms with Crippen LogP contribution in [0.25, 0.3) is 50.7 Å². The summed E-state index contributed by atoms with van der Waals surface area (Å²) < 4.78 is 16.4. The molecule has 1 aliphatic carbocycles. The Balaban J connectivity index is 0.814. The number of nitrogens with two attached hydrogens (primary N) is 2. The molecule has 4 aromatic carbocycles. The molecule has 1 amide bonds. The molecule has 1 unspecified atom stereocenters. The number of carbonyl (C=O) groups excluding carboxylic acids is 1. The normalized spacial score (nSPS) is 17.5. The maximum Gasteiger partial charge on any atom is 0.246 e. The van der Waals surface area contributed by atoms with Gasteiger partial charge in [-0.15, -0.1) is 0 Å². The number of likely N-dealkylation sites (tertiary alicyclic amines) is 1. The largest absolute Gasteiger partial charge is 0.457 e. The molecule has 2 fully saturated rings. The molecule has 1 atom stereocenters. The monoisotopic (exact) mass is 876 g/mol. The number of nitrogen functional groups attached to an aromatic ring is 2. The third-order valence-electron chi connectivity index (χ3n) is 12.4. The van der Waals surface area contributed by atoms with E-state index in [9.17, 15) is 4.79 Å². The summed E-state index contributed by atoms with van der Waals surface area (Å²) in [6.07, 6.45) is 12.6. The lowest BCUT2D eigenvalue weighted by molar-refractivity contribution is -0.125. The first-order valence-corrected chi connectivity index (χ1v) is 22.0. The molecule has 0 bridgehead atoms. The molecule has 1 saturated heterocycles. The van der Waals surface area contributed by atoms with Gasteiger partial charge < -0.3 is 31.2 Å². The Bertz CT molecular complexity index is 3100. The molecule has 330 valence electrons. The first-order valence-electron chi connectivity index (χ1n) is 22.0. The first kappa shape index (κ1) is 41.7. The van der Waals surface area contributed by atoms with Gasteiger partial charge in [0, 0.05) is 41.5 Å². The smallest absolute Gasteiger partial charge is 0.246 e. The van der Waals surface area contributed by atoms with Gasteiger partial charge in [0.25, 0.3) is 0 Å². The van der Waals surface area contributed by atoms with Crippen LogP contribution in [-0.2, 0) is 4.79 Å². The van der Waals surface area contributed by atoms with Crippen LogP contribution < -0.4 is 26.3 Å². The second-order valence-corrected chi connectivity index (χ2v) is 16.5. The summed E-state index contributed by atoms with van der Waals surface area (Å²) in [5.41, 5.74) is 19.2. The molecule has 15 nitrogen and oxygen atoms in total. The Morgan fingerprint density at radius 3 is 1.80 bits per heavy atom. The van der Waals surface area contributed by atoms with Crippen LogP contribution in [-0.4, -0.2) is 69.4 Å². The van der Waals surface area contributed by atoms with Crippen LogP contribution in [0.1, 0.15) is 49.8 Å². The first-order chi connectivity index (χ1) is 32.3. The SMILES string of the molecule is C=CC(=O)N1CCC(n2nc(-c3ccc(Oc4ccccc4/C=C(/C=C)NC4CCC(n5nc(-c6ccc(Oc7ccccc7)cc6)c6c(N)ncnc65)CC4)cc3)c3c(N)ncnc32)C1. The third-order valence-corrected chi connectivity index (χ3v) is 12.4. The molecule has 15 heteroatoms. The number of fused-ring (bicyclic) bond motifs is 2. The van der Waals surface area contributed by atoms with Crippen LogP contribution >= 0.6 is 0 Å². The highest BCUT2D eigenvalue weighted by Crippen LogP contribution is 2.39. The van der Waals surface area contributed by atoms with E-state index >= 15 is 0 Å². The van der Waals surface area contributed by atoms with E-state index in [1.165, 1.54) is 18.7 Å². The van der Waals surface area contributed by atoms with Crippen molar-refractivity contribution in [3.63, 3.8) is 0 Å². The van der Waals surface area contributed by atoms with Crippen molar-refractivity contribution < 1.29 is 14.3 Å². The summed E-state index contributed by atoms with van der Waals surface area (Å²) in [5.74, 6) is 3.50. The second kappa shape index (κ2) is 18.0. The lowest BCUT2D eigenvalue weighted by Crippen LogP contribution is -2.33. The van der Waals surface area contributed by atoms with Gasteiger partial charge in [-0.05, 0) is 117 Å². The van der Waals surface area contributed by atoms with Gasteiger partial charge in [0.05, 0.1) is 22.9 Å². The van der Waals surface area contributed by atoms with Crippen LogP contribution in [0.5, 0.6) is 23.0 Å². The second-order valence-electron chi connectivity index (χ2n) is 16.5. The molecule has 1 saturated carbocycles. The molecule has 4 aromatic heterocycles. The average Bonchev–Trinajstić information content (AvgIpc) is 4.10. The molecule has 10 rings (SSSR count).